The Labute approximate surface area is 110 Å². The Balaban J connectivity index is 2.52. The van der Waals surface area contributed by atoms with Crippen LogP contribution in [0.4, 0.5) is 0 Å². The first-order valence-electron chi connectivity index (χ1n) is 5.36. The summed E-state index contributed by atoms with van der Waals surface area (Å²) in [4.78, 5) is 0. The van der Waals surface area contributed by atoms with E-state index in [0.717, 1.165) is 21.2 Å². The number of ether oxygens (including phenoxy) is 1. The van der Waals surface area contributed by atoms with Gasteiger partial charge in [0, 0.05) is 10.0 Å². The Morgan fingerprint density at radius 3 is 2.29 bits per heavy atom. The highest BCUT2D eigenvalue weighted by atomic mass is 79.9. The summed E-state index contributed by atoms with van der Waals surface area (Å²) >= 11 is 3.57. The van der Waals surface area contributed by atoms with E-state index in [1.807, 2.05) is 36.4 Å². The average molecular weight is 289 g/mol. The second-order valence-electron chi connectivity index (χ2n) is 3.61. The molecule has 0 amide bonds. The molecule has 0 spiro atoms. The lowest BCUT2D eigenvalue weighted by atomic mass is 9.99. The maximum Gasteiger partial charge on any atom is 0.0909 e. The fraction of sp³-hybridized carbons (Fsp3) is 0.0667. The normalized spacial score (nSPS) is 11.3. The van der Waals surface area contributed by atoms with Crippen molar-refractivity contribution in [3.05, 3.63) is 76.5 Å². The number of halogens is 1. The van der Waals surface area contributed by atoms with Crippen LogP contribution >= 0.6 is 15.9 Å². The van der Waals surface area contributed by atoms with Crippen molar-refractivity contribution in [1.82, 2.24) is 0 Å². The molecule has 0 radical (unpaired) electrons. The van der Waals surface area contributed by atoms with E-state index in [1.54, 1.807) is 13.4 Å². The molecule has 0 aromatic heterocycles. The summed E-state index contributed by atoms with van der Waals surface area (Å²) in [7, 11) is 1.67. The molecular formula is C15H13BrO. The van der Waals surface area contributed by atoms with Gasteiger partial charge in [-0.3, -0.25) is 0 Å². The quantitative estimate of drug-likeness (QED) is 0.757. The Kier molecular flexibility index (Phi) is 3.99. The highest BCUT2D eigenvalue weighted by molar-refractivity contribution is 9.10. The molecule has 0 unspecified atom stereocenters. The van der Waals surface area contributed by atoms with Crippen molar-refractivity contribution >= 4 is 21.5 Å². The van der Waals surface area contributed by atoms with Crippen LogP contribution in [0.5, 0.6) is 0 Å². The maximum atomic E-state index is 5.18. The predicted octanol–water partition coefficient (Wildman–Crippen LogP) is 4.48. The van der Waals surface area contributed by atoms with Gasteiger partial charge >= 0.3 is 0 Å². The zero-order valence-corrected chi connectivity index (χ0v) is 11.1. The summed E-state index contributed by atoms with van der Waals surface area (Å²) in [6, 6.07) is 18.3. The van der Waals surface area contributed by atoms with Gasteiger partial charge in [-0.1, -0.05) is 64.5 Å². The van der Waals surface area contributed by atoms with Crippen LogP contribution in [0, 0.1) is 0 Å². The van der Waals surface area contributed by atoms with E-state index in [0.29, 0.717) is 0 Å². The van der Waals surface area contributed by atoms with Crippen LogP contribution in [0.3, 0.4) is 0 Å². The molecule has 0 aliphatic heterocycles. The van der Waals surface area contributed by atoms with Crippen molar-refractivity contribution in [2.75, 3.05) is 7.11 Å². The molecule has 2 heteroatoms. The lowest BCUT2D eigenvalue weighted by molar-refractivity contribution is 0.340. The molecular weight excluding hydrogens is 276 g/mol. The van der Waals surface area contributed by atoms with Gasteiger partial charge in [-0.2, -0.15) is 0 Å². The SMILES string of the molecule is CO/C=C(\c1ccccc1)c1ccccc1Br. The van der Waals surface area contributed by atoms with E-state index < -0.39 is 0 Å². The molecule has 0 bridgehead atoms. The highest BCUT2D eigenvalue weighted by Gasteiger charge is 2.08. The third kappa shape index (κ3) is 2.77. The maximum absolute atomic E-state index is 5.18. The van der Waals surface area contributed by atoms with Gasteiger partial charge in [0.25, 0.3) is 0 Å². The molecule has 1 nitrogen and oxygen atoms in total. The molecule has 0 atom stereocenters. The molecule has 86 valence electrons. The number of benzene rings is 2. The van der Waals surface area contributed by atoms with Crippen LogP contribution in [0.1, 0.15) is 11.1 Å². The lowest BCUT2D eigenvalue weighted by Crippen LogP contribution is -1.90. The van der Waals surface area contributed by atoms with Crippen LogP contribution in [0.2, 0.25) is 0 Å². The molecule has 2 aromatic rings. The van der Waals surface area contributed by atoms with E-state index in [2.05, 4.69) is 34.1 Å². The van der Waals surface area contributed by atoms with Gasteiger partial charge in [-0.25, -0.2) is 0 Å². The van der Waals surface area contributed by atoms with Gasteiger partial charge in [0.05, 0.1) is 13.4 Å². The van der Waals surface area contributed by atoms with Gasteiger partial charge in [0.1, 0.15) is 0 Å². The van der Waals surface area contributed by atoms with Gasteiger partial charge in [-0.15, -0.1) is 0 Å². The average Bonchev–Trinajstić information content (AvgIpc) is 2.38. The summed E-state index contributed by atoms with van der Waals surface area (Å²) in [5.41, 5.74) is 3.34. The third-order valence-corrected chi connectivity index (χ3v) is 3.18. The van der Waals surface area contributed by atoms with Crippen LogP contribution in [0.25, 0.3) is 5.57 Å². The van der Waals surface area contributed by atoms with Gasteiger partial charge in [0.15, 0.2) is 0 Å². The zero-order chi connectivity index (χ0) is 12.1. The van der Waals surface area contributed by atoms with E-state index in [-0.39, 0.29) is 0 Å². The van der Waals surface area contributed by atoms with E-state index in [4.69, 9.17) is 4.74 Å². The van der Waals surface area contributed by atoms with Gasteiger partial charge in [-0.05, 0) is 17.2 Å². The van der Waals surface area contributed by atoms with Crippen molar-refractivity contribution in [2.45, 2.75) is 0 Å². The molecule has 0 N–H and O–H groups in total. The fourth-order valence-corrected chi connectivity index (χ4v) is 2.20. The van der Waals surface area contributed by atoms with Crippen molar-refractivity contribution in [1.29, 1.82) is 0 Å². The fourth-order valence-electron chi connectivity index (χ4n) is 1.70. The Morgan fingerprint density at radius 1 is 1.00 bits per heavy atom. The van der Waals surface area contributed by atoms with E-state index in [9.17, 15) is 0 Å². The highest BCUT2D eigenvalue weighted by Crippen LogP contribution is 2.29. The minimum absolute atomic E-state index is 1.06. The molecule has 0 fully saturated rings. The molecule has 0 aliphatic carbocycles. The Bertz CT molecular complexity index is 517. The first-order valence-corrected chi connectivity index (χ1v) is 6.15. The molecule has 0 saturated carbocycles. The van der Waals surface area contributed by atoms with E-state index >= 15 is 0 Å². The number of rotatable bonds is 3. The van der Waals surface area contributed by atoms with Gasteiger partial charge in [0.2, 0.25) is 0 Å². The molecule has 0 aliphatic rings. The van der Waals surface area contributed by atoms with Crippen LogP contribution in [-0.2, 0) is 4.74 Å². The van der Waals surface area contributed by atoms with Crippen LogP contribution in [0.15, 0.2) is 65.3 Å². The topological polar surface area (TPSA) is 9.23 Å². The summed E-state index contributed by atoms with van der Waals surface area (Å²) in [6.07, 6.45) is 1.77. The van der Waals surface area contributed by atoms with E-state index in [1.165, 1.54) is 0 Å². The first kappa shape index (κ1) is 11.9. The Hall–Kier alpha value is -1.54. The first-order chi connectivity index (χ1) is 8.33. The second-order valence-corrected chi connectivity index (χ2v) is 4.47. The number of hydrogen-bond donors (Lipinski definition) is 0. The zero-order valence-electron chi connectivity index (χ0n) is 9.56. The minimum Gasteiger partial charge on any atom is -0.504 e. The smallest absolute Gasteiger partial charge is 0.0909 e. The molecule has 0 saturated heterocycles. The number of hydrogen-bond acceptors (Lipinski definition) is 1. The summed E-state index contributed by atoms with van der Waals surface area (Å²) in [6.45, 7) is 0. The molecule has 17 heavy (non-hydrogen) atoms. The van der Waals surface area contributed by atoms with Crippen LogP contribution in [-0.4, -0.2) is 7.11 Å². The van der Waals surface area contributed by atoms with Gasteiger partial charge < -0.3 is 4.74 Å². The molecule has 0 heterocycles. The standard InChI is InChI=1S/C15H13BrO/c1-17-11-14(12-7-3-2-4-8-12)13-9-5-6-10-15(13)16/h2-11H,1H3/b14-11+. The van der Waals surface area contributed by atoms with Crippen molar-refractivity contribution < 1.29 is 4.74 Å². The summed E-state index contributed by atoms with van der Waals surface area (Å²) in [5, 5.41) is 0. The van der Waals surface area contributed by atoms with Crippen molar-refractivity contribution in [3.63, 3.8) is 0 Å². The lowest BCUT2D eigenvalue weighted by Gasteiger charge is -2.09. The third-order valence-electron chi connectivity index (χ3n) is 2.48. The minimum atomic E-state index is 1.06. The summed E-state index contributed by atoms with van der Waals surface area (Å²) in [5.74, 6) is 0. The molecule has 2 rings (SSSR count). The van der Waals surface area contributed by atoms with Crippen molar-refractivity contribution in [3.8, 4) is 0 Å². The monoisotopic (exact) mass is 288 g/mol. The largest absolute Gasteiger partial charge is 0.504 e. The van der Waals surface area contributed by atoms with Crippen LogP contribution < -0.4 is 0 Å². The summed E-state index contributed by atoms with van der Waals surface area (Å²) < 4.78 is 6.25. The predicted molar refractivity (Wildman–Crippen MR) is 74.7 cm³/mol. The molecule has 2 aromatic carbocycles. The second kappa shape index (κ2) is 5.69. The van der Waals surface area contributed by atoms with Crippen molar-refractivity contribution in [2.24, 2.45) is 0 Å². The Morgan fingerprint density at radius 2 is 1.65 bits per heavy atom. The number of methoxy groups -OCH3 is 1.